The molecule has 0 aliphatic heterocycles. The Bertz CT molecular complexity index is 456. The number of ketones is 1. The van der Waals surface area contributed by atoms with Gasteiger partial charge in [0, 0.05) is 16.3 Å². The van der Waals surface area contributed by atoms with Gasteiger partial charge in [-0.15, -0.1) is 0 Å². The van der Waals surface area contributed by atoms with Crippen LogP contribution in [0.4, 0.5) is 0 Å². The number of rotatable bonds is 2. The molecule has 2 bridgehead atoms. The number of methoxy groups -OCH3 is 1. The Kier molecular flexibility index (Phi) is 3.08. The van der Waals surface area contributed by atoms with E-state index in [1.54, 1.807) is 0 Å². The maximum absolute atomic E-state index is 12.5. The summed E-state index contributed by atoms with van der Waals surface area (Å²) in [5, 5.41) is 10.6. The van der Waals surface area contributed by atoms with E-state index < -0.39 is 17.1 Å². The summed E-state index contributed by atoms with van der Waals surface area (Å²) in [5.41, 5.74) is -0.488. The summed E-state index contributed by atoms with van der Waals surface area (Å²) < 4.78 is 4.50. The van der Waals surface area contributed by atoms with Gasteiger partial charge in [-0.05, 0) is 24.2 Å². The van der Waals surface area contributed by atoms with Crippen LogP contribution in [0.3, 0.4) is 0 Å². The number of aliphatic hydroxyl groups is 1. The molecule has 2 saturated carbocycles. The van der Waals surface area contributed by atoms with Gasteiger partial charge >= 0.3 is 5.97 Å². The van der Waals surface area contributed by atoms with E-state index in [1.807, 2.05) is 13.8 Å². The number of Topliss-reactive ketones (excluding diaryl/α,β-unsaturated/α-hetero) is 1. The Balaban J connectivity index is 2.57. The molecule has 0 unspecified atom stereocenters. The van der Waals surface area contributed by atoms with Crippen LogP contribution >= 0.6 is 15.9 Å². The number of hydrogen-bond donors (Lipinski definition) is 1. The van der Waals surface area contributed by atoms with Crippen LogP contribution in [0.15, 0.2) is 11.3 Å². The molecule has 0 aromatic heterocycles. The summed E-state index contributed by atoms with van der Waals surface area (Å²) in [5.74, 6) is -1.52. The first kappa shape index (κ1) is 13.6. The number of hydrogen-bond acceptors (Lipinski definition) is 4. The van der Waals surface area contributed by atoms with Gasteiger partial charge in [0.05, 0.1) is 7.11 Å². The van der Waals surface area contributed by atoms with Gasteiger partial charge in [0.1, 0.15) is 0 Å². The van der Waals surface area contributed by atoms with Crippen LogP contribution < -0.4 is 0 Å². The lowest BCUT2D eigenvalue weighted by Gasteiger charge is -2.34. The molecule has 4 nitrogen and oxygen atoms in total. The zero-order valence-corrected chi connectivity index (χ0v) is 12.3. The fraction of sp³-hybridized carbons (Fsp3) is 0.692. The second-order valence-corrected chi connectivity index (χ2v) is 6.12. The lowest BCUT2D eigenvalue weighted by atomic mass is 9.70. The van der Waals surface area contributed by atoms with Crippen molar-refractivity contribution in [3.05, 3.63) is 11.3 Å². The van der Waals surface area contributed by atoms with Crippen LogP contribution in [-0.4, -0.2) is 29.3 Å². The minimum absolute atomic E-state index is 0.0755. The SMILES string of the molecule is COC(=O)/C(O)=C1/C(=O)[C@]2(C)CC[C@H]1[C@]2(C)CBr. The van der Waals surface area contributed by atoms with Crippen molar-refractivity contribution in [2.45, 2.75) is 26.7 Å². The van der Waals surface area contributed by atoms with Gasteiger partial charge < -0.3 is 9.84 Å². The minimum Gasteiger partial charge on any atom is -0.502 e. The quantitative estimate of drug-likeness (QED) is 0.368. The fourth-order valence-electron chi connectivity index (χ4n) is 3.43. The van der Waals surface area contributed by atoms with E-state index in [4.69, 9.17) is 0 Å². The van der Waals surface area contributed by atoms with Gasteiger partial charge in [0.25, 0.3) is 0 Å². The molecule has 2 rings (SSSR count). The summed E-state index contributed by atoms with van der Waals surface area (Å²) in [6.45, 7) is 3.96. The van der Waals surface area contributed by atoms with Gasteiger partial charge in [-0.3, -0.25) is 4.79 Å². The number of esters is 1. The average molecular weight is 317 g/mol. The van der Waals surface area contributed by atoms with E-state index in [9.17, 15) is 14.7 Å². The zero-order chi connectivity index (χ0) is 13.7. The Morgan fingerprint density at radius 1 is 1.56 bits per heavy atom. The van der Waals surface area contributed by atoms with Crippen molar-refractivity contribution in [1.82, 2.24) is 0 Å². The van der Waals surface area contributed by atoms with Crippen molar-refractivity contribution in [2.75, 3.05) is 12.4 Å². The van der Waals surface area contributed by atoms with Gasteiger partial charge in [0.15, 0.2) is 5.78 Å². The molecule has 0 aromatic rings. The molecule has 2 fully saturated rings. The Morgan fingerprint density at radius 2 is 2.17 bits per heavy atom. The number of carbonyl (C=O) groups is 2. The summed E-state index contributed by atoms with van der Waals surface area (Å²) in [7, 11) is 1.20. The van der Waals surface area contributed by atoms with Crippen molar-refractivity contribution in [2.24, 2.45) is 16.7 Å². The number of alkyl halides is 1. The maximum Gasteiger partial charge on any atom is 0.373 e. The van der Waals surface area contributed by atoms with E-state index in [1.165, 1.54) is 7.11 Å². The highest BCUT2D eigenvalue weighted by Crippen LogP contribution is 2.66. The first-order valence-electron chi connectivity index (χ1n) is 5.95. The van der Waals surface area contributed by atoms with E-state index in [2.05, 4.69) is 20.7 Å². The molecule has 0 saturated heterocycles. The number of fused-ring (bicyclic) bond motifs is 2. The largest absolute Gasteiger partial charge is 0.502 e. The first-order chi connectivity index (χ1) is 8.33. The maximum atomic E-state index is 12.5. The van der Waals surface area contributed by atoms with E-state index in [0.29, 0.717) is 5.33 Å². The smallest absolute Gasteiger partial charge is 0.373 e. The zero-order valence-electron chi connectivity index (χ0n) is 10.7. The molecule has 0 spiro atoms. The highest BCUT2D eigenvalue weighted by molar-refractivity contribution is 9.09. The second-order valence-electron chi connectivity index (χ2n) is 5.56. The van der Waals surface area contributed by atoms with Gasteiger partial charge in [0.2, 0.25) is 5.76 Å². The van der Waals surface area contributed by atoms with Gasteiger partial charge in [-0.1, -0.05) is 29.8 Å². The molecule has 1 N–H and O–H groups in total. The predicted octanol–water partition coefficient (Wildman–Crippen LogP) is 2.37. The molecule has 100 valence electrons. The third-order valence-corrected chi connectivity index (χ3v) is 6.13. The van der Waals surface area contributed by atoms with Crippen LogP contribution in [0.25, 0.3) is 0 Å². The van der Waals surface area contributed by atoms with Crippen molar-refractivity contribution in [1.29, 1.82) is 0 Å². The highest BCUT2D eigenvalue weighted by atomic mass is 79.9. The van der Waals surface area contributed by atoms with Crippen LogP contribution in [0.2, 0.25) is 0 Å². The molecule has 2 aliphatic rings. The van der Waals surface area contributed by atoms with E-state index in [0.717, 1.165) is 12.8 Å². The number of allylic oxidation sites excluding steroid dienone is 1. The van der Waals surface area contributed by atoms with Crippen molar-refractivity contribution in [3.63, 3.8) is 0 Å². The van der Waals surface area contributed by atoms with Crippen LogP contribution in [0.1, 0.15) is 26.7 Å². The summed E-state index contributed by atoms with van der Waals surface area (Å²) in [4.78, 5) is 23.9. The standard InChI is InChI=1S/C13H17BrO4/c1-12-5-4-7(13(12,2)6-14)8(10(12)16)9(15)11(17)18-3/h7,15H,4-6H2,1-3H3/b9-8-/t7-,12+,13+/m1/s1. The predicted molar refractivity (Wildman–Crippen MR) is 69.4 cm³/mol. The Labute approximate surface area is 115 Å². The molecular formula is C13H17BrO4. The van der Waals surface area contributed by atoms with E-state index >= 15 is 0 Å². The summed E-state index contributed by atoms with van der Waals surface area (Å²) in [6, 6.07) is 0. The molecule has 5 heteroatoms. The number of halogens is 1. The van der Waals surface area contributed by atoms with Crippen molar-refractivity contribution < 1.29 is 19.4 Å². The fourth-order valence-corrected chi connectivity index (χ4v) is 4.44. The highest BCUT2D eigenvalue weighted by Gasteiger charge is 2.67. The third kappa shape index (κ3) is 1.37. The van der Waals surface area contributed by atoms with Crippen molar-refractivity contribution in [3.8, 4) is 0 Å². The molecular weight excluding hydrogens is 300 g/mol. The normalized spacial score (nSPS) is 41.1. The van der Waals surface area contributed by atoms with Crippen LogP contribution in [0, 0.1) is 16.7 Å². The number of aliphatic hydroxyl groups excluding tert-OH is 1. The topological polar surface area (TPSA) is 63.6 Å². The van der Waals surface area contributed by atoms with E-state index in [-0.39, 0.29) is 22.7 Å². The van der Waals surface area contributed by atoms with Crippen molar-refractivity contribution >= 4 is 27.7 Å². The average Bonchev–Trinajstić information content (AvgIpc) is 2.71. The van der Waals surface area contributed by atoms with Crippen LogP contribution in [0.5, 0.6) is 0 Å². The Morgan fingerprint density at radius 3 is 2.61 bits per heavy atom. The first-order valence-corrected chi connectivity index (χ1v) is 7.08. The third-order valence-electron chi connectivity index (χ3n) is 4.97. The Hall–Kier alpha value is -0.840. The number of ether oxygens (including phenoxy) is 1. The molecule has 0 heterocycles. The lowest BCUT2D eigenvalue weighted by molar-refractivity contribution is -0.139. The van der Waals surface area contributed by atoms with Gasteiger partial charge in [-0.25, -0.2) is 4.79 Å². The summed E-state index contributed by atoms with van der Waals surface area (Å²) in [6.07, 6.45) is 1.62. The second kappa shape index (κ2) is 4.08. The number of carbonyl (C=O) groups excluding carboxylic acids is 2. The molecule has 3 atom stereocenters. The molecule has 2 aliphatic carbocycles. The molecule has 18 heavy (non-hydrogen) atoms. The lowest BCUT2D eigenvalue weighted by Crippen LogP contribution is -2.36. The molecule has 0 radical (unpaired) electrons. The van der Waals surface area contributed by atoms with Crippen LogP contribution in [-0.2, 0) is 14.3 Å². The summed E-state index contributed by atoms with van der Waals surface area (Å²) >= 11 is 3.47. The van der Waals surface area contributed by atoms with Gasteiger partial charge in [-0.2, -0.15) is 0 Å². The molecule has 0 amide bonds. The monoisotopic (exact) mass is 316 g/mol. The molecule has 0 aromatic carbocycles. The minimum atomic E-state index is -0.827.